The zero-order valence-electron chi connectivity index (χ0n) is 11.6. The molecule has 0 saturated carbocycles. The lowest BCUT2D eigenvalue weighted by atomic mass is 10.2. The van der Waals surface area contributed by atoms with Crippen molar-refractivity contribution in [2.24, 2.45) is 5.92 Å². The van der Waals surface area contributed by atoms with Gasteiger partial charge in [-0.2, -0.15) is 0 Å². The molecule has 0 aliphatic rings. The van der Waals surface area contributed by atoms with Crippen LogP contribution < -0.4 is 5.32 Å². The van der Waals surface area contributed by atoms with Crippen molar-refractivity contribution in [3.8, 4) is 0 Å². The SMILES string of the molecule is CC(CN(C)CC(=O)NCc1ccccc1Cl)C(=O)O. The number of benzene rings is 1. The Balaban J connectivity index is 2.37. The third-order valence-corrected chi connectivity index (χ3v) is 3.22. The lowest BCUT2D eigenvalue weighted by Gasteiger charge is -2.18. The van der Waals surface area contributed by atoms with Crippen LogP contribution >= 0.6 is 11.6 Å². The lowest BCUT2D eigenvalue weighted by Crippen LogP contribution is -2.38. The van der Waals surface area contributed by atoms with Crippen molar-refractivity contribution >= 4 is 23.5 Å². The van der Waals surface area contributed by atoms with Gasteiger partial charge in [0.2, 0.25) is 5.91 Å². The van der Waals surface area contributed by atoms with Crippen molar-refractivity contribution in [1.82, 2.24) is 10.2 Å². The quantitative estimate of drug-likeness (QED) is 0.802. The van der Waals surface area contributed by atoms with E-state index in [-0.39, 0.29) is 12.5 Å². The average molecular weight is 299 g/mol. The van der Waals surface area contributed by atoms with Crippen molar-refractivity contribution in [3.05, 3.63) is 34.9 Å². The summed E-state index contributed by atoms with van der Waals surface area (Å²) >= 11 is 5.99. The summed E-state index contributed by atoms with van der Waals surface area (Å²) < 4.78 is 0. The monoisotopic (exact) mass is 298 g/mol. The van der Waals surface area contributed by atoms with Gasteiger partial charge in [0.1, 0.15) is 0 Å². The third kappa shape index (κ3) is 5.59. The minimum absolute atomic E-state index is 0.155. The minimum atomic E-state index is -0.867. The first kappa shape index (κ1) is 16.5. The van der Waals surface area contributed by atoms with Crippen LogP contribution in [0.1, 0.15) is 12.5 Å². The largest absolute Gasteiger partial charge is 0.481 e. The molecule has 1 unspecified atom stereocenters. The van der Waals surface area contributed by atoms with Gasteiger partial charge >= 0.3 is 5.97 Å². The van der Waals surface area contributed by atoms with E-state index in [0.29, 0.717) is 18.1 Å². The second-order valence-electron chi connectivity index (χ2n) is 4.80. The van der Waals surface area contributed by atoms with Gasteiger partial charge in [0.25, 0.3) is 0 Å². The second kappa shape index (κ2) is 7.87. The summed E-state index contributed by atoms with van der Waals surface area (Å²) in [5.74, 6) is -1.53. The number of halogens is 1. The van der Waals surface area contributed by atoms with Gasteiger partial charge in [0, 0.05) is 18.1 Å². The second-order valence-corrected chi connectivity index (χ2v) is 5.21. The maximum Gasteiger partial charge on any atom is 0.307 e. The number of hydrogen-bond acceptors (Lipinski definition) is 3. The molecule has 1 aromatic carbocycles. The predicted molar refractivity (Wildman–Crippen MR) is 77.6 cm³/mol. The number of carbonyl (C=O) groups excluding carboxylic acids is 1. The molecule has 6 heteroatoms. The molecule has 0 fully saturated rings. The highest BCUT2D eigenvalue weighted by molar-refractivity contribution is 6.31. The number of amides is 1. The van der Waals surface area contributed by atoms with Crippen molar-refractivity contribution in [2.45, 2.75) is 13.5 Å². The predicted octanol–water partition coefficient (Wildman–Crippen LogP) is 1.61. The summed E-state index contributed by atoms with van der Waals surface area (Å²) in [5, 5.41) is 12.2. The molecule has 0 aliphatic heterocycles. The Morgan fingerprint density at radius 2 is 2.05 bits per heavy atom. The third-order valence-electron chi connectivity index (χ3n) is 2.85. The van der Waals surface area contributed by atoms with E-state index in [2.05, 4.69) is 5.32 Å². The van der Waals surface area contributed by atoms with Crippen LogP contribution in [-0.4, -0.2) is 42.0 Å². The van der Waals surface area contributed by atoms with Gasteiger partial charge in [-0.25, -0.2) is 0 Å². The highest BCUT2D eigenvalue weighted by Crippen LogP contribution is 2.14. The lowest BCUT2D eigenvalue weighted by molar-refractivity contribution is -0.142. The maximum atomic E-state index is 11.7. The summed E-state index contributed by atoms with van der Waals surface area (Å²) in [7, 11) is 1.72. The normalized spacial score (nSPS) is 12.2. The smallest absolute Gasteiger partial charge is 0.307 e. The Morgan fingerprint density at radius 1 is 1.40 bits per heavy atom. The van der Waals surface area contributed by atoms with E-state index in [1.807, 2.05) is 18.2 Å². The van der Waals surface area contributed by atoms with Gasteiger partial charge < -0.3 is 10.4 Å². The molecule has 1 aromatic rings. The highest BCUT2D eigenvalue weighted by atomic mass is 35.5. The van der Waals surface area contributed by atoms with Gasteiger partial charge in [-0.1, -0.05) is 36.7 Å². The number of likely N-dealkylation sites (N-methyl/N-ethyl adjacent to an activating group) is 1. The molecular formula is C14H19ClN2O3. The van der Waals surface area contributed by atoms with Crippen LogP contribution in [0, 0.1) is 5.92 Å². The van der Waals surface area contributed by atoms with E-state index in [0.717, 1.165) is 5.56 Å². The summed E-state index contributed by atoms with van der Waals surface area (Å²) in [6, 6.07) is 7.30. The molecular weight excluding hydrogens is 280 g/mol. The van der Waals surface area contributed by atoms with Gasteiger partial charge in [-0.05, 0) is 18.7 Å². The molecule has 1 amide bonds. The minimum Gasteiger partial charge on any atom is -0.481 e. The van der Waals surface area contributed by atoms with Crippen molar-refractivity contribution in [1.29, 1.82) is 0 Å². The van der Waals surface area contributed by atoms with Crippen molar-refractivity contribution in [3.63, 3.8) is 0 Å². The molecule has 110 valence electrons. The molecule has 1 rings (SSSR count). The fourth-order valence-electron chi connectivity index (χ4n) is 1.75. The number of nitrogens with zero attached hydrogens (tertiary/aromatic N) is 1. The van der Waals surface area contributed by atoms with E-state index < -0.39 is 11.9 Å². The summed E-state index contributed by atoms with van der Waals surface area (Å²) in [6.45, 7) is 2.46. The standard InChI is InChI=1S/C14H19ClN2O3/c1-10(14(19)20)8-17(2)9-13(18)16-7-11-5-3-4-6-12(11)15/h3-6,10H,7-9H2,1-2H3,(H,16,18)(H,19,20). The zero-order valence-corrected chi connectivity index (χ0v) is 12.4. The first-order chi connectivity index (χ1) is 9.40. The molecule has 20 heavy (non-hydrogen) atoms. The van der Waals surface area contributed by atoms with Crippen LogP contribution in [0.5, 0.6) is 0 Å². The molecule has 1 atom stereocenters. The molecule has 0 heterocycles. The Morgan fingerprint density at radius 3 is 2.65 bits per heavy atom. The van der Waals surface area contributed by atoms with Crippen LogP contribution in [0.25, 0.3) is 0 Å². The molecule has 2 N–H and O–H groups in total. The van der Waals surface area contributed by atoms with Crippen LogP contribution in [0.15, 0.2) is 24.3 Å². The van der Waals surface area contributed by atoms with E-state index in [1.165, 1.54) is 0 Å². The van der Waals surface area contributed by atoms with Gasteiger partial charge in [0.05, 0.1) is 12.5 Å². The van der Waals surface area contributed by atoms with E-state index in [4.69, 9.17) is 16.7 Å². The summed E-state index contributed by atoms with van der Waals surface area (Å²) in [5.41, 5.74) is 0.851. The fourth-order valence-corrected chi connectivity index (χ4v) is 1.95. The molecule has 5 nitrogen and oxygen atoms in total. The average Bonchev–Trinajstić information content (AvgIpc) is 2.37. The summed E-state index contributed by atoms with van der Waals surface area (Å²) in [4.78, 5) is 24.2. The number of carboxylic acids is 1. The van der Waals surface area contributed by atoms with Crippen molar-refractivity contribution in [2.75, 3.05) is 20.1 Å². The Hall–Kier alpha value is -1.59. The van der Waals surface area contributed by atoms with Crippen LogP contribution in [0.3, 0.4) is 0 Å². The Labute approximate surface area is 123 Å². The summed E-state index contributed by atoms with van der Waals surface area (Å²) in [6.07, 6.45) is 0. The van der Waals surface area contributed by atoms with Crippen LogP contribution in [0.2, 0.25) is 5.02 Å². The molecule has 0 aliphatic carbocycles. The van der Waals surface area contributed by atoms with Crippen molar-refractivity contribution < 1.29 is 14.7 Å². The Kier molecular flexibility index (Phi) is 6.48. The number of rotatable bonds is 7. The zero-order chi connectivity index (χ0) is 15.1. The molecule has 0 spiro atoms. The number of aliphatic carboxylic acids is 1. The number of carbonyl (C=O) groups is 2. The fraction of sp³-hybridized carbons (Fsp3) is 0.429. The highest BCUT2D eigenvalue weighted by Gasteiger charge is 2.15. The van der Waals surface area contributed by atoms with E-state index >= 15 is 0 Å². The van der Waals surface area contributed by atoms with E-state index in [1.54, 1.807) is 24.9 Å². The van der Waals surface area contributed by atoms with Crippen LogP contribution in [0.4, 0.5) is 0 Å². The number of carboxylic acid groups (broad SMARTS) is 1. The Bertz CT molecular complexity index is 479. The molecule has 0 saturated heterocycles. The van der Waals surface area contributed by atoms with Gasteiger partial charge in [-0.3, -0.25) is 14.5 Å². The number of nitrogens with one attached hydrogen (secondary N) is 1. The van der Waals surface area contributed by atoms with Gasteiger partial charge in [0.15, 0.2) is 0 Å². The first-order valence-corrected chi connectivity index (χ1v) is 6.69. The van der Waals surface area contributed by atoms with Crippen LogP contribution in [-0.2, 0) is 16.1 Å². The van der Waals surface area contributed by atoms with E-state index in [9.17, 15) is 9.59 Å². The molecule has 0 bridgehead atoms. The number of hydrogen-bond donors (Lipinski definition) is 2. The maximum absolute atomic E-state index is 11.7. The molecule has 0 radical (unpaired) electrons. The topological polar surface area (TPSA) is 69.6 Å². The van der Waals surface area contributed by atoms with Gasteiger partial charge in [-0.15, -0.1) is 0 Å². The first-order valence-electron chi connectivity index (χ1n) is 6.31. The molecule has 0 aromatic heterocycles.